The molecule has 20 heavy (non-hydrogen) atoms. The van der Waals surface area contributed by atoms with Crippen LogP contribution in [0, 0.1) is 0 Å². The first-order valence-corrected chi connectivity index (χ1v) is 7.82. The van der Waals surface area contributed by atoms with Gasteiger partial charge in [-0.1, -0.05) is 12.1 Å². The van der Waals surface area contributed by atoms with Crippen molar-refractivity contribution in [3.05, 3.63) is 34.3 Å². The number of unbranched alkanes of at least 4 members (excludes halogenated alkanes) is 1. The van der Waals surface area contributed by atoms with E-state index in [-0.39, 0.29) is 18.3 Å². The number of carbonyl (C=O) groups excluding carboxylic acids is 1. The maximum atomic E-state index is 11.9. The van der Waals surface area contributed by atoms with Gasteiger partial charge >= 0.3 is 0 Å². The fourth-order valence-electron chi connectivity index (χ4n) is 2.41. The van der Waals surface area contributed by atoms with Gasteiger partial charge in [-0.2, -0.15) is 0 Å². The highest BCUT2D eigenvalue weighted by molar-refractivity contribution is 9.10. The first-order chi connectivity index (χ1) is 9.27. The molecule has 1 heterocycles. The van der Waals surface area contributed by atoms with E-state index >= 15 is 0 Å². The van der Waals surface area contributed by atoms with E-state index in [1.54, 1.807) is 0 Å². The number of nitrogens with zero attached hydrogens (tertiary/aromatic N) is 1. The molecule has 112 valence electrons. The van der Waals surface area contributed by atoms with E-state index in [1.807, 2.05) is 24.3 Å². The standard InChI is InChI=1S/C15H21BrN2O.ClH/c16-14-8-2-1-7-13(14)15(19)17-9-3-4-10-18-11-5-6-12-18;/h1-2,7-8H,3-6,9-12H2,(H,17,19);1H. The van der Waals surface area contributed by atoms with Gasteiger partial charge in [0.05, 0.1) is 5.56 Å². The molecule has 1 aromatic carbocycles. The van der Waals surface area contributed by atoms with Gasteiger partial charge in [0.2, 0.25) is 0 Å². The highest BCUT2D eigenvalue weighted by Gasteiger charge is 2.11. The van der Waals surface area contributed by atoms with Crippen molar-refractivity contribution in [3.63, 3.8) is 0 Å². The summed E-state index contributed by atoms with van der Waals surface area (Å²) in [6, 6.07) is 7.52. The Bertz CT molecular complexity index is 422. The molecule has 0 unspecified atom stereocenters. The summed E-state index contributed by atoms with van der Waals surface area (Å²) < 4.78 is 0.851. The summed E-state index contributed by atoms with van der Waals surface area (Å²) in [6.07, 6.45) is 4.90. The Morgan fingerprint density at radius 1 is 1.20 bits per heavy atom. The molecule has 0 aromatic heterocycles. The molecule has 1 aliphatic rings. The second kappa shape index (κ2) is 9.37. The molecule has 1 saturated heterocycles. The maximum Gasteiger partial charge on any atom is 0.252 e. The molecule has 5 heteroatoms. The molecule has 2 rings (SSSR count). The zero-order valence-corrected chi connectivity index (χ0v) is 14.0. The Hall–Kier alpha value is -0.580. The van der Waals surface area contributed by atoms with E-state index < -0.39 is 0 Å². The summed E-state index contributed by atoms with van der Waals surface area (Å²) in [5.41, 5.74) is 0.710. The first kappa shape index (κ1) is 17.5. The minimum atomic E-state index is 0. The molecule has 1 N–H and O–H groups in total. The van der Waals surface area contributed by atoms with Crippen molar-refractivity contribution >= 4 is 34.2 Å². The molecule has 0 saturated carbocycles. The summed E-state index contributed by atoms with van der Waals surface area (Å²) in [6.45, 7) is 4.44. The monoisotopic (exact) mass is 360 g/mol. The molecule has 0 spiro atoms. The summed E-state index contributed by atoms with van der Waals surface area (Å²) in [5, 5.41) is 2.98. The molecule has 1 aromatic rings. The average Bonchev–Trinajstić information content (AvgIpc) is 2.92. The van der Waals surface area contributed by atoms with Crippen molar-refractivity contribution in [1.82, 2.24) is 10.2 Å². The van der Waals surface area contributed by atoms with E-state index in [0.29, 0.717) is 5.56 Å². The van der Waals surface area contributed by atoms with Gasteiger partial charge in [-0.15, -0.1) is 12.4 Å². The van der Waals surface area contributed by atoms with Crippen LogP contribution in [0.15, 0.2) is 28.7 Å². The van der Waals surface area contributed by atoms with Crippen LogP contribution in [-0.4, -0.2) is 37.0 Å². The third kappa shape index (κ3) is 5.43. The summed E-state index contributed by atoms with van der Waals surface area (Å²) in [4.78, 5) is 14.4. The lowest BCUT2D eigenvalue weighted by Crippen LogP contribution is -2.26. The van der Waals surface area contributed by atoms with Crippen molar-refractivity contribution < 1.29 is 4.79 Å². The maximum absolute atomic E-state index is 11.9. The Morgan fingerprint density at radius 3 is 2.60 bits per heavy atom. The van der Waals surface area contributed by atoms with Crippen molar-refractivity contribution in [2.75, 3.05) is 26.2 Å². The average molecular weight is 362 g/mol. The van der Waals surface area contributed by atoms with Crippen LogP contribution in [0.5, 0.6) is 0 Å². The van der Waals surface area contributed by atoms with E-state index in [1.165, 1.54) is 32.5 Å². The number of carbonyl (C=O) groups is 1. The number of halogens is 2. The van der Waals surface area contributed by atoms with Crippen molar-refractivity contribution in [2.45, 2.75) is 25.7 Å². The number of likely N-dealkylation sites (tertiary alicyclic amines) is 1. The minimum Gasteiger partial charge on any atom is -0.352 e. The Labute approximate surface area is 135 Å². The summed E-state index contributed by atoms with van der Waals surface area (Å²) in [7, 11) is 0. The Balaban J connectivity index is 0.00000200. The van der Waals surface area contributed by atoms with Gasteiger partial charge in [0.1, 0.15) is 0 Å². The molecule has 0 atom stereocenters. The van der Waals surface area contributed by atoms with Crippen LogP contribution < -0.4 is 5.32 Å². The Morgan fingerprint density at radius 2 is 1.90 bits per heavy atom. The van der Waals surface area contributed by atoms with E-state index in [4.69, 9.17) is 0 Å². The van der Waals surface area contributed by atoms with Gasteiger partial charge in [0, 0.05) is 11.0 Å². The lowest BCUT2D eigenvalue weighted by Gasteiger charge is -2.14. The van der Waals surface area contributed by atoms with Gasteiger partial charge in [-0.25, -0.2) is 0 Å². The van der Waals surface area contributed by atoms with Gasteiger partial charge in [0.15, 0.2) is 0 Å². The Kier molecular flexibility index (Phi) is 8.19. The number of amides is 1. The second-order valence-corrected chi connectivity index (χ2v) is 5.85. The van der Waals surface area contributed by atoms with Crippen LogP contribution in [0.2, 0.25) is 0 Å². The van der Waals surface area contributed by atoms with Crippen LogP contribution in [0.3, 0.4) is 0 Å². The van der Waals surface area contributed by atoms with Crippen LogP contribution in [0.4, 0.5) is 0 Å². The first-order valence-electron chi connectivity index (χ1n) is 7.02. The number of hydrogen-bond acceptors (Lipinski definition) is 2. The van der Waals surface area contributed by atoms with E-state index in [0.717, 1.165) is 23.9 Å². The molecule has 0 bridgehead atoms. The minimum absolute atomic E-state index is 0. The van der Waals surface area contributed by atoms with E-state index in [2.05, 4.69) is 26.1 Å². The molecule has 0 aliphatic carbocycles. The number of benzene rings is 1. The predicted octanol–water partition coefficient (Wildman–Crippen LogP) is 3.48. The highest BCUT2D eigenvalue weighted by atomic mass is 79.9. The number of rotatable bonds is 6. The molecule has 0 radical (unpaired) electrons. The van der Waals surface area contributed by atoms with Crippen LogP contribution in [-0.2, 0) is 0 Å². The lowest BCUT2D eigenvalue weighted by molar-refractivity contribution is 0.0952. The predicted molar refractivity (Wildman–Crippen MR) is 88.6 cm³/mol. The molecular weight excluding hydrogens is 340 g/mol. The molecule has 1 amide bonds. The number of nitrogens with one attached hydrogen (secondary N) is 1. The number of hydrogen-bond donors (Lipinski definition) is 1. The van der Waals surface area contributed by atoms with Crippen LogP contribution in [0.25, 0.3) is 0 Å². The SMILES string of the molecule is Cl.O=C(NCCCCN1CCCC1)c1ccccc1Br. The van der Waals surface area contributed by atoms with Gasteiger partial charge in [-0.3, -0.25) is 4.79 Å². The fourth-order valence-corrected chi connectivity index (χ4v) is 2.87. The summed E-state index contributed by atoms with van der Waals surface area (Å²) >= 11 is 3.40. The lowest BCUT2D eigenvalue weighted by atomic mass is 10.2. The van der Waals surface area contributed by atoms with Crippen molar-refractivity contribution in [1.29, 1.82) is 0 Å². The zero-order chi connectivity index (χ0) is 13.5. The van der Waals surface area contributed by atoms with Crippen LogP contribution in [0.1, 0.15) is 36.0 Å². The van der Waals surface area contributed by atoms with Gasteiger partial charge in [-0.05, 0) is 73.4 Å². The highest BCUT2D eigenvalue weighted by Crippen LogP contribution is 2.15. The van der Waals surface area contributed by atoms with Crippen molar-refractivity contribution in [3.8, 4) is 0 Å². The fraction of sp³-hybridized carbons (Fsp3) is 0.533. The van der Waals surface area contributed by atoms with Crippen molar-refractivity contribution in [2.24, 2.45) is 0 Å². The normalized spacial score (nSPS) is 14.8. The molecule has 3 nitrogen and oxygen atoms in total. The third-order valence-corrected chi connectivity index (χ3v) is 4.20. The molecule has 1 aliphatic heterocycles. The van der Waals surface area contributed by atoms with Crippen LogP contribution >= 0.6 is 28.3 Å². The molecular formula is C15H22BrClN2O. The zero-order valence-electron chi connectivity index (χ0n) is 11.6. The van der Waals surface area contributed by atoms with Gasteiger partial charge in [0.25, 0.3) is 5.91 Å². The summed E-state index contributed by atoms with van der Waals surface area (Å²) in [5.74, 6) is 0.00801. The van der Waals surface area contributed by atoms with Gasteiger partial charge < -0.3 is 10.2 Å². The largest absolute Gasteiger partial charge is 0.352 e. The smallest absolute Gasteiger partial charge is 0.252 e. The topological polar surface area (TPSA) is 32.3 Å². The quantitative estimate of drug-likeness (QED) is 0.787. The molecule has 1 fully saturated rings. The van der Waals surface area contributed by atoms with E-state index in [9.17, 15) is 4.79 Å². The second-order valence-electron chi connectivity index (χ2n) is 4.99. The third-order valence-electron chi connectivity index (χ3n) is 3.50.